The van der Waals surface area contributed by atoms with Gasteiger partial charge in [0, 0.05) is 19.0 Å². The van der Waals surface area contributed by atoms with Crippen LogP contribution in [0.1, 0.15) is 20.3 Å². The van der Waals surface area contributed by atoms with E-state index in [2.05, 4.69) is 19.2 Å². The molecule has 1 aliphatic rings. The molecule has 1 heterocycles. The van der Waals surface area contributed by atoms with Gasteiger partial charge in [0.15, 0.2) is 0 Å². The summed E-state index contributed by atoms with van der Waals surface area (Å²) < 4.78 is 5.22. The molecule has 0 fully saturated rings. The standard InChI is InChI=1S/C9H17NO2/c1-7(2)10-6-8(11)9-4-3-5-12-9/h4,7-8,10-11H,3,5-6H2,1-2H3. The van der Waals surface area contributed by atoms with Crippen molar-refractivity contribution in [1.82, 2.24) is 5.32 Å². The molecule has 70 valence electrons. The van der Waals surface area contributed by atoms with Gasteiger partial charge in [-0.2, -0.15) is 0 Å². The van der Waals surface area contributed by atoms with Crippen LogP contribution in [0, 0.1) is 0 Å². The normalized spacial score (nSPS) is 19.2. The minimum atomic E-state index is -0.477. The minimum absolute atomic E-state index is 0.404. The van der Waals surface area contributed by atoms with Crippen molar-refractivity contribution in [2.24, 2.45) is 0 Å². The summed E-state index contributed by atoms with van der Waals surface area (Å²) >= 11 is 0. The van der Waals surface area contributed by atoms with Gasteiger partial charge in [0.25, 0.3) is 0 Å². The van der Waals surface area contributed by atoms with E-state index in [9.17, 15) is 5.11 Å². The number of rotatable bonds is 4. The molecule has 3 nitrogen and oxygen atoms in total. The molecule has 1 atom stereocenters. The Balaban J connectivity index is 2.23. The molecular formula is C9H17NO2. The molecule has 0 saturated heterocycles. The molecule has 1 unspecified atom stereocenters. The fraction of sp³-hybridized carbons (Fsp3) is 0.778. The SMILES string of the molecule is CC(C)NCC(O)C1=CCCO1. The summed E-state index contributed by atoms with van der Waals surface area (Å²) in [6.45, 7) is 5.39. The largest absolute Gasteiger partial charge is 0.495 e. The van der Waals surface area contributed by atoms with Crippen LogP contribution in [-0.4, -0.2) is 30.4 Å². The maximum absolute atomic E-state index is 9.54. The minimum Gasteiger partial charge on any atom is -0.495 e. The van der Waals surface area contributed by atoms with Crippen LogP contribution >= 0.6 is 0 Å². The van der Waals surface area contributed by atoms with Crippen molar-refractivity contribution >= 4 is 0 Å². The van der Waals surface area contributed by atoms with Crippen LogP contribution in [0.3, 0.4) is 0 Å². The summed E-state index contributed by atoms with van der Waals surface area (Å²) in [5.74, 6) is 0.725. The molecule has 0 bridgehead atoms. The summed E-state index contributed by atoms with van der Waals surface area (Å²) in [5.41, 5.74) is 0. The highest BCUT2D eigenvalue weighted by atomic mass is 16.5. The third-order valence-electron chi connectivity index (χ3n) is 1.78. The number of hydrogen-bond donors (Lipinski definition) is 2. The Kier molecular flexibility index (Phi) is 3.56. The molecule has 0 aliphatic carbocycles. The smallest absolute Gasteiger partial charge is 0.123 e. The van der Waals surface area contributed by atoms with Gasteiger partial charge in [-0.05, 0) is 6.08 Å². The van der Waals surface area contributed by atoms with E-state index in [1.54, 1.807) is 0 Å². The van der Waals surface area contributed by atoms with E-state index in [0.717, 1.165) is 12.2 Å². The Labute approximate surface area is 73.4 Å². The molecule has 0 spiro atoms. The van der Waals surface area contributed by atoms with Gasteiger partial charge >= 0.3 is 0 Å². The maximum atomic E-state index is 9.54. The second kappa shape index (κ2) is 4.48. The second-order valence-electron chi connectivity index (χ2n) is 3.32. The average molecular weight is 171 g/mol. The lowest BCUT2D eigenvalue weighted by atomic mass is 10.2. The number of nitrogens with one attached hydrogen (secondary N) is 1. The van der Waals surface area contributed by atoms with Crippen molar-refractivity contribution < 1.29 is 9.84 Å². The van der Waals surface area contributed by atoms with E-state index in [1.165, 1.54) is 0 Å². The lowest BCUT2D eigenvalue weighted by Gasteiger charge is -2.14. The Morgan fingerprint density at radius 1 is 1.67 bits per heavy atom. The number of aliphatic hydroxyl groups is 1. The molecule has 0 amide bonds. The Hall–Kier alpha value is -0.540. The molecular weight excluding hydrogens is 154 g/mol. The van der Waals surface area contributed by atoms with Gasteiger partial charge in [0.2, 0.25) is 0 Å². The molecule has 1 aliphatic heterocycles. The van der Waals surface area contributed by atoms with Crippen molar-refractivity contribution in [3.63, 3.8) is 0 Å². The summed E-state index contributed by atoms with van der Waals surface area (Å²) in [4.78, 5) is 0. The van der Waals surface area contributed by atoms with E-state index in [-0.39, 0.29) is 0 Å². The van der Waals surface area contributed by atoms with E-state index >= 15 is 0 Å². The molecule has 2 N–H and O–H groups in total. The zero-order valence-electron chi connectivity index (χ0n) is 7.71. The fourth-order valence-corrected chi connectivity index (χ4v) is 1.12. The average Bonchev–Trinajstić information content (AvgIpc) is 2.51. The first-order valence-electron chi connectivity index (χ1n) is 4.44. The predicted octanol–water partition coefficient (Wildman–Crippen LogP) is 0.649. The lowest BCUT2D eigenvalue weighted by Crippen LogP contribution is -2.33. The van der Waals surface area contributed by atoms with Crippen LogP contribution in [0.4, 0.5) is 0 Å². The van der Waals surface area contributed by atoms with Crippen LogP contribution in [0.25, 0.3) is 0 Å². The Bertz CT molecular complexity index is 166. The highest BCUT2D eigenvalue weighted by molar-refractivity contribution is 5.04. The zero-order chi connectivity index (χ0) is 8.97. The van der Waals surface area contributed by atoms with Gasteiger partial charge < -0.3 is 15.2 Å². The highest BCUT2D eigenvalue weighted by Gasteiger charge is 2.15. The molecule has 0 radical (unpaired) electrons. The van der Waals surface area contributed by atoms with Crippen molar-refractivity contribution in [3.05, 3.63) is 11.8 Å². The first-order chi connectivity index (χ1) is 5.70. The van der Waals surface area contributed by atoms with Crippen LogP contribution in [0.5, 0.6) is 0 Å². The summed E-state index contributed by atoms with van der Waals surface area (Å²) in [7, 11) is 0. The van der Waals surface area contributed by atoms with Crippen LogP contribution in [0.2, 0.25) is 0 Å². The summed E-state index contributed by atoms with van der Waals surface area (Å²) in [5, 5.41) is 12.7. The van der Waals surface area contributed by atoms with Crippen LogP contribution in [-0.2, 0) is 4.74 Å². The van der Waals surface area contributed by atoms with Gasteiger partial charge in [0.05, 0.1) is 6.61 Å². The molecule has 1 rings (SSSR count). The monoisotopic (exact) mass is 171 g/mol. The Morgan fingerprint density at radius 3 is 2.92 bits per heavy atom. The number of ether oxygens (including phenoxy) is 1. The lowest BCUT2D eigenvalue weighted by molar-refractivity contribution is 0.115. The van der Waals surface area contributed by atoms with Gasteiger partial charge in [-0.1, -0.05) is 13.8 Å². The van der Waals surface area contributed by atoms with Gasteiger partial charge in [0.1, 0.15) is 11.9 Å². The van der Waals surface area contributed by atoms with E-state index in [1.807, 2.05) is 6.08 Å². The molecule has 3 heteroatoms. The third-order valence-corrected chi connectivity index (χ3v) is 1.78. The van der Waals surface area contributed by atoms with Gasteiger partial charge in [-0.15, -0.1) is 0 Å². The topological polar surface area (TPSA) is 41.5 Å². The maximum Gasteiger partial charge on any atom is 0.123 e. The van der Waals surface area contributed by atoms with Crippen molar-refractivity contribution in [3.8, 4) is 0 Å². The predicted molar refractivity (Wildman–Crippen MR) is 47.8 cm³/mol. The second-order valence-corrected chi connectivity index (χ2v) is 3.32. The first kappa shape index (κ1) is 9.55. The zero-order valence-corrected chi connectivity index (χ0v) is 7.71. The first-order valence-corrected chi connectivity index (χ1v) is 4.44. The molecule has 0 saturated carbocycles. The van der Waals surface area contributed by atoms with Gasteiger partial charge in [-0.3, -0.25) is 0 Å². The van der Waals surface area contributed by atoms with Crippen LogP contribution < -0.4 is 5.32 Å². The molecule has 0 aromatic carbocycles. The van der Waals surface area contributed by atoms with Crippen molar-refractivity contribution in [2.45, 2.75) is 32.4 Å². The third kappa shape index (κ3) is 2.83. The molecule has 12 heavy (non-hydrogen) atoms. The fourth-order valence-electron chi connectivity index (χ4n) is 1.12. The van der Waals surface area contributed by atoms with E-state index in [4.69, 9.17) is 4.74 Å². The summed E-state index contributed by atoms with van der Waals surface area (Å²) in [6.07, 6.45) is 2.40. The van der Waals surface area contributed by atoms with E-state index < -0.39 is 6.10 Å². The van der Waals surface area contributed by atoms with E-state index in [0.29, 0.717) is 19.2 Å². The van der Waals surface area contributed by atoms with Gasteiger partial charge in [-0.25, -0.2) is 0 Å². The number of hydrogen-bond acceptors (Lipinski definition) is 3. The van der Waals surface area contributed by atoms with Crippen molar-refractivity contribution in [2.75, 3.05) is 13.2 Å². The van der Waals surface area contributed by atoms with Crippen LogP contribution in [0.15, 0.2) is 11.8 Å². The number of aliphatic hydroxyl groups excluding tert-OH is 1. The Morgan fingerprint density at radius 2 is 2.42 bits per heavy atom. The highest BCUT2D eigenvalue weighted by Crippen LogP contribution is 2.12. The van der Waals surface area contributed by atoms with Crippen molar-refractivity contribution in [1.29, 1.82) is 0 Å². The summed E-state index contributed by atoms with van der Waals surface area (Å²) in [6, 6.07) is 0.404. The quantitative estimate of drug-likeness (QED) is 0.652. The molecule has 0 aromatic heterocycles. The molecule has 0 aromatic rings.